The molecule has 6 nitrogen and oxygen atoms in total. The molecule has 0 bridgehead atoms. The number of hydrogen-bond acceptors (Lipinski definition) is 7. The zero-order valence-electron chi connectivity index (χ0n) is 18.0. The number of benzene rings is 2. The molecule has 5 rings (SSSR count). The van der Waals surface area contributed by atoms with E-state index in [0.29, 0.717) is 17.7 Å². The zero-order chi connectivity index (χ0) is 22.1. The number of rotatable bonds is 5. The van der Waals surface area contributed by atoms with E-state index in [0.717, 1.165) is 59.9 Å². The summed E-state index contributed by atoms with van der Waals surface area (Å²) < 4.78 is 5.37. The summed E-state index contributed by atoms with van der Waals surface area (Å²) in [7, 11) is 0. The highest BCUT2D eigenvalue weighted by Crippen LogP contribution is 2.28. The van der Waals surface area contributed by atoms with Crippen molar-refractivity contribution in [2.45, 2.75) is 20.0 Å². The lowest BCUT2D eigenvalue weighted by Gasteiger charge is -2.34. The van der Waals surface area contributed by atoms with Crippen LogP contribution >= 0.6 is 11.3 Å². The maximum atomic E-state index is 12.1. The first-order valence-corrected chi connectivity index (χ1v) is 11.6. The Kier molecular flexibility index (Phi) is 5.78. The number of fused-ring (bicyclic) bond motifs is 1. The lowest BCUT2D eigenvalue weighted by Crippen LogP contribution is -2.45. The predicted molar refractivity (Wildman–Crippen MR) is 127 cm³/mol. The Bertz CT molecular complexity index is 1290. The second-order valence-corrected chi connectivity index (χ2v) is 9.10. The average Bonchev–Trinajstić information content (AvgIpc) is 3.27. The van der Waals surface area contributed by atoms with Gasteiger partial charge in [-0.1, -0.05) is 30.3 Å². The minimum atomic E-state index is -0.377. The van der Waals surface area contributed by atoms with Crippen molar-refractivity contribution in [3.8, 4) is 16.3 Å². The van der Waals surface area contributed by atoms with Crippen LogP contribution in [0, 0.1) is 6.92 Å². The summed E-state index contributed by atoms with van der Waals surface area (Å²) in [6, 6.07) is 15.4. The highest BCUT2D eigenvalue weighted by atomic mass is 32.1. The number of nitrogens with zero attached hydrogens (tertiary/aromatic N) is 3. The number of aromatic hydroxyl groups is 1. The molecule has 0 spiro atoms. The van der Waals surface area contributed by atoms with Crippen molar-refractivity contribution in [2.75, 3.05) is 26.2 Å². The number of phenols is 1. The molecule has 2 aromatic heterocycles. The Balaban J connectivity index is 1.23. The van der Waals surface area contributed by atoms with Gasteiger partial charge in [0.15, 0.2) is 0 Å². The van der Waals surface area contributed by atoms with E-state index in [1.54, 1.807) is 30.4 Å². The van der Waals surface area contributed by atoms with Crippen LogP contribution in [0.1, 0.15) is 16.8 Å². The van der Waals surface area contributed by atoms with Crippen molar-refractivity contribution in [1.29, 1.82) is 0 Å². The van der Waals surface area contributed by atoms with Crippen LogP contribution in [0.4, 0.5) is 0 Å². The number of thiazole rings is 1. The minimum absolute atomic E-state index is 0.142. The van der Waals surface area contributed by atoms with Gasteiger partial charge in [-0.2, -0.15) is 0 Å². The van der Waals surface area contributed by atoms with Crippen molar-refractivity contribution in [3.63, 3.8) is 0 Å². The Labute approximate surface area is 190 Å². The molecule has 0 saturated carbocycles. The van der Waals surface area contributed by atoms with Crippen LogP contribution < -0.4 is 5.63 Å². The lowest BCUT2D eigenvalue weighted by molar-refractivity contribution is 0.121. The number of phenolic OH excluding ortho intramolecular Hbond substituents is 1. The van der Waals surface area contributed by atoms with E-state index in [9.17, 15) is 9.90 Å². The molecule has 7 heteroatoms. The van der Waals surface area contributed by atoms with Gasteiger partial charge in [-0.15, -0.1) is 11.3 Å². The molecule has 1 aliphatic heterocycles. The van der Waals surface area contributed by atoms with E-state index in [2.05, 4.69) is 27.3 Å². The van der Waals surface area contributed by atoms with E-state index in [1.165, 1.54) is 0 Å². The first kappa shape index (κ1) is 20.9. The van der Waals surface area contributed by atoms with Gasteiger partial charge in [0.1, 0.15) is 16.3 Å². The largest absolute Gasteiger partial charge is 0.508 e. The van der Waals surface area contributed by atoms with Crippen molar-refractivity contribution in [1.82, 2.24) is 14.8 Å². The Hall–Kier alpha value is -3.00. The van der Waals surface area contributed by atoms with Gasteiger partial charge in [-0.25, -0.2) is 9.78 Å². The maximum Gasteiger partial charge on any atom is 0.336 e. The zero-order valence-corrected chi connectivity index (χ0v) is 18.8. The highest BCUT2D eigenvalue weighted by molar-refractivity contribution is 7.13. The molecule has 1 N–H and O–H groups in total. The number of aromatic nitrogens is 1. The molecule has 32 heavy (non-hydrogen) atoms. The second-order valence-electron chi connectivity index (χ2n) is 8.24. The Morgan fingerprint density at radius 3 is 2.50 bits per heavy atom. The van der Waals surface area contributed by atoms with Gasteiger partial charge in [-0.05, 0) is 24.6 Å². The maximum absolute atomic E-state index is 12.1. The van der Waals surface area contributed by atoms with Crippen molar-refractivity contribution >= 4 is 22.3 Å². The second kappa shape index (κ2) is 8.86. The topological polar surface area (TPSA) is 69.8 Å². The molecule has 2 aromatic carbocycles. The average molecular weight is 448 g/mol. The Morgan fingerprint density at radius 2 is 1.75 bits per heavy atom. The quantitative estimate of drug-likeness (QED) is 0.461. The molecular weight excluding hydrogens is 422 g/mol. The first-order valence-electron chi connectivity index (χ1n) is 10.8. The third-order valence-electron chi connectivity index (χ3n) is 6.03. The third kappa shape index (κ3) is 4.32. The SMILES string of the molecule is Cc1c(O)ccc2c(CN3CCN(Cc4csc(-c5ccccc5)n4)CC3)cc(=O)oc12. The highest BCUT2D eigenvalue weighted by Gasteiger charge is 2.20. The predicted octanol–water partition coefficient (Wildman–Crippen LogP) is 4.25. The van der Waals surface area contributed by atoms with Crippen molar-refractivity contribution in [3.05, 3.63) is 81.2 Å². The fourth-order valence-corrected chi connectivity index (χ4v) is 5.03. The first-order chi connectivity index (χ1) is 15.6. The van der Waals surface area contributed by atoms with E-state index in [-0.39, 0.29) is 11.4 Å². The summed E-state index contributed by atoms with van der Waals surface area (Å²) in [5.74, 6) is 0.142. The van der Waals surface area contributed by atoms with Crippen LogP contribution in [0.2, 0.25) is 0 Å². The molecule has 164 valence electrons. The van der Waals surface area contributed by atoms with Gasteiger partial charge in [-0.3, -0.25) is 9.80 Å². The third-order valence-corrected chi connectivity index (χ3v) is 6.98. The molecule has 1 aliphatic rings. The van der Waals surface area contributed by atoms with Gasteiger partial charge in [0, 0.05) is 67.2 Å². The summed E-state index contributed by atoms with van der Waals surface area (Å²) >= 11 is 1.69. The van der Waals surface area contributed by atoms with E-state index in [4.69, 9.17) is 9.40 Å². The normalized spacial score (nSPS) is 15.4. The summed E-state index contributed by atoms with van der Waals surface area (Å²) in [6.07, 6.45) is 0. The lowest BCUT2D eigenvalue weighted by atomic mass is 10.1. The summed E-state index contributed by atoms with van der Waals surface area (Å²) in [5, 5.41) is 14.1. The van der Waals surface area contributed by atoms with Gasteiger partial charge in [0.05, 0.1) is 5.69 Å². The minimum Gasteiger partial charge on any atom is -0.508 e. The molecule has 0 radical (unpaired) electrons. The molecule has 1 fully saturated rings. The molecule has 0 unspecified atom stereocenters. The number of piperazine rings is 1. The van der Waals surface area contributed by atoms with Gasteiger partial charge in [0.25, 0.3) is 0 Å². The van der Waals surface area contributed by atoms with E-state index >= 15 is 0 Å². The van der Waals surface area contributed by atoms with E-state index < -0.39 is 0 Å². The van der Waals surface area contributed by atoms with Crippen LogP contribution in [0.15, 0.2) is 63.1 Å². The van der Waals surface area contributed by atoms with Gasteiger partial charge < -0.3 is 9.52 Å². The molecule has 0 amide bonds. The standard InChI is InChI=1S/C25H25N3O3S/c1-17-22(29)8-7-21-19(13-23(30)31-24(17)21)14-27-9-11-28(12-10-27)15-20-16-32-25(26-20)18-5-3-2-4-6-18/h2-8,13,16,29H,9-12,14-15H2,1H3. The van der Waals surface area contributed by atoms with Crippen LogP contribution in [0.25, 0.3) is 21.5 Å². The summed E-state index contributed by atoms with van der Waals surface area (Å²) in [5.41, 5.74) is 3.92. The monoisotopic (exact) mass is 447 g/mol. The van der Waals surface area contributed by atoms with Crippen LogP contribution in [0.3, 0.4) is 0 Å². The molecule has 3 heterocycles. The molecule has 0 aliphatic carbocycles. The number of aryl methyl sites for hydroxylation is 1. The van der Waals surface area contributed by atoms with Crippen LogP contribution in [0.5, 0.6) is 5.75 Å². The van der Waals surface area contributed by atoms with E-state index in [1.807, 2.05) is 24.3 Å². The van der Waals surface area contributed by atoms with Crippen LogP contribution in [-0.2, 0) is 13.1 Å². The van der Waals surface area contributed by atoms with Crippen molar-refractivity contribution in [2.24, 2.45) is 0 Å². The number of hydrogen-bond donors (Lipinski definition) is 1. The molecule has 1 saturated heterocycles. The summed E-state index contributed by atoms with van der Waals surface area (Å²) in [4.78, 5) is 21.7. The Morgan fingerprint density at radius 1 is 1.03 bits per heavy atom. The van der Waals surface area contributed by atoms with Crippen LogP contribution in [-0.4, -0.2) is 46.1 Å². The molecule has 4 aromatic rings. The smallest absolute Gasteiger partial charge is 0.336 e. The fourth-order valence-electron chi connectivity index (χ4n) is 4.21. The van der Waals surface area contributed by atoms with Gasteiger partial charge in [0.2, 0.25) is 0 Å². The summed E-state index contributed by atoms with van der Waals surface area (Å²) in [6.45, 7) is 7.07. The fraction of sp³-hybridized carbons (Fsp3) is 0.280. The molecular formula is C25H25N3O3S. The van der Waals surface area contributed by atoms with Gasteiger partial charge >= 0.3 is 5.63 Å². The molecule has 0 atom stereocenters. The van der Waals surface area contributed by atoms with Crippen molar-refractivity contribution < 1.29 is 9.52 Å².